The van der Waals surface area contributed by atoms with Crippen LogP contribution in [0.1, 0.15) is 202 Å². The first-order chi connectivity index (χ1) is 21.3. The monoisotopic (exact) mass is 622 g/mol. The van der Waals surface area contributed by atoms with Crippen molar-refractivity contribution in [1.29, 1.82) is 0 Å². The van der Waals surface area contributed by atoms with Crippen molar-refractivity contribution < 1.29 is 14.4 Å². The Bertz CT molecular complexity index is 684. The minimum atomic E-state index is -0.477. The average molecular weight is 622 g/mol. The minimum Gasteiger partial charge on any atom is -0.356 e. The standard InChI is InChI=1S/C38H75N3O3/c1-6-8-10-12-14-15-16-17-18-19-20-22-24-26-30-34(4)40-38(44)41-36(35(5)42)31-27-28-32-39-37(43)33(3)29-25-23-21-13-11-9-7-2/h33-34,36H,6-32H2,1-5H3,(H,39,43)(H2,40,41,44). The molecule has 3 atom stereocenters. The van der Waals surface area contributed by atoms with Crippen LogP contribution in [0.15, 0.2) is 0 Å². The molecule has 0 aliphatic carbocycles. The summed E-state index contributed by atoms with van der Waals surface area (Å²) < 4.78 is 0. The Hall–Kier alpha value is -1.59. The summed E-state index contributed by atoms with van der Waals surface area (Å²) in [6, 6.07) is -0.635. The van der Waals surface area contributed by atoms with E-state index in [1.54, 1.807) is 0 Å². The summed E-state index contributed by atoms with van der Waals surface area (Å²) in [5, 5.41) is 8.94. The van der Waals surface area contributed by atoms with E-state index in [1.165, 1.54) is 129 Å². The fourth-order valence-corrected chi connectivity index (χ4v) is 5.92. The molecule has 3 N–H and O–H groups in total. The number of hydrogen-bond donors (Lipinski definition) is 3. The first-order valence-electron chi connectivity index (χ1n) is 19.2. The topological polar surface area (TPSA) is 87.3 Å². The van der Waals surface area contributed by atoms with Crippen molar-refractivity contribution in [2.45, 2.75) is 214 Å². The third-order valence-corrected chi connectivity index (χ3v) is 9.07. The van der Waals surface area contributed by atoms with Gasteiger partial charge in [-0.15, -0.1) is 0 Å². The lowest BCUT2D eigenvalue weighted by Crippen LogP contribution is -2.47. The molecule has 0 aliphatic rings. The highest BCUT2D eigenvalue weighted by Gasteiger charge is 2.18. The van der Waals surface area contributed by atoms with Gasteiger partial charge in [-0.3, -0.25) is 9.59 Å². The molecule has 0 aromatic heterocycles. The average Bonchev–Trinajstić information content (AvgIpc) is 2.99. The molecule has 0 aromatic carbocycles. The molecule has 6 nitrogen and oxygen atoms in total. The molecule has 6 heteroatoms. The first kappa shape index (κ1) is 42.4. The maximum atomic E-state index is 12.5. The van der Waals surface area contributed by atoms with Crippen LogP contribution in [0.2, 0.25) is 0 Å². The molecule has 0 bridgehead atoms. The maximum absolute atomic E-state index is 12.5. The summed E-state index contributed by atoms with van der Waals surface area (Å²) in [5.41, 5.74) is 0. The molecular weight excluding hydrogens is 546 g/mol. The smallest absolute Gasteiger partial charge is 0.315 e. The van der Waals surface area contributed by atoms with Crippen molar-refractivity contribution in [2.75, 3.05) is 6.54 Å². The highest BCUT2D eigenvalue weighted by molar-refractivity contribution is 5.86. The van der Waals surface area contributed by atoms with Gasteiger partial charge in [0.15, 0.2) is 5.78 Å². The van der Waals surface area contributed by atoms with Crippen molar-refractivity contribution in [3.8, 4) is 0 Å². The summed E-state index contributed by atoms with van der Waals surface area (Å²) in [4.78, 5) is 37.0. The Balaban J connectivity index is 3.83. The van der Waals surface area contributed by atoms with Gasteiger partial charge in [-0.25, -0.2) is 4.79 Å². The number of rotatable bonds is 32. The number of carbonyl (C=O) groups excluding carboxylic acids is 3. The summed E-state index contributed by atoms with van der Waals surface area (Å²) in [7, 11) is 0. The van der Waals surface area contributed by atoms with Crippen molar-refractivity contribution in [3.05, 3.63) is 0 Å². The molecule has 0 saturated carbocycles. The Morgan fingerprint density at radius 1 is 0.500 bits per heavy atom. The van der Waals surface area contributed by atoms with Crippen LogP contribution in [0.5, 0.6) is 0 Å². The van der Waals surface area contributed by atoms with Crippen LogP contribution in [0.3, 0.4) is 0 Å². The summed E-state index contributed by atoms with van der Waals surface area (Å²) in [5.74, 6) is 0.157. The van der Waals surface area contributed by atoms with Gasteiger partial charge in [0.05, 0.1) is 6.04 Å². The van der Waals surface area contributed by atoms with Gasteiger partial charge >= 0.3 is 6.03 Å². The van der Waals surface area contributed by atoms with Crippen molar-refractivity contribution >= 4 is 17.7 Å². The normalized spacial score (nSPS) is 13.3. The number of carbonyl (C=O) groups is 3. The Morgan fingerprint density at radius 2 is 0.909 bits per heavy atom. The second-order valence-electron chi connectivity index (χ2n) is 13.7. The van der Waals surface area contributed by atoms with E-state index in [0.717, 1.165) is 38.5 Å². The molecule has 0 aliphatic heterocycles. The summed E-state index contributed by atoms with van der Waals surface area (Å²) >= 11 is 0. The van der Waals surface area contributed by atoms with E-state index in [0.29, 0.717) is 13.0 Å². The number of hydrogen-bond acceptors (Lipinski definition) is 3. The van der Waals surface area contributed by atoms with Crippen molar-refractivity contribution in [2.24, 2.45) is 5.92 Å². The molecule has 0 rings (SSSR count). The predicted molar refractivity (Wildman–Crippen MR) is 189 cm³/mol. The third-order valence-electron chi connectivity index (χ3n) is 9.07. The maximum Gasteiger partial charge on any atom is 0.315 e. The number of ketones is 1. The van der Waals surface area contributed by atoms with Crippen LogP contribution in [0.4, 0.5) is 4.79 Å². The van der Waals surface area contributed by atoms with E-state index in [9.17, 15) is 14.4 Å². The van der Waals surface area contributed by atoms with Crippen LogP contribution in [-0.4, -0.2) is 36.3 Å². The number of amides is 3. The Morgan fingerprint density at radius 3 is 1.36 bits per heavy atom. The lowest BCUT2D eigenvalue weighted by Gasteiger charge is -2.19. The zero-order chi connectivity index (χ0) is 32.7. The second kappa shape index (κ2) is 31.4. The largest absolute Gasteiger partial charge is 0.356 e. The molecule has 44 heavy (non-hydrogen) atoms. The van der Waals surface area contributed by atoms with Gasteiger partial charge in [0.1, 0.15) is 0 Å². The van der Waals surface area contributed by atoms with Gasteiger partial charge in [-0.2, -0.15) is 0 Å². The number of unbranched alkanes of at least 4 members (excludes halogenated alkanes) is 20. The quantitative estimate of drug-likeness (QED) is 0.0653. The van der Waals surface area contributed by atoms with Gasteiger partial charge in [0, 0.05) is 18.5 Å². The lowest BCUT2D eigenvalue weighted by atomic mass is 10.0. The summed E-state index contributed by atoms with van der Waals surface area (Å²) in [6.45, 7) is 10.7. The third kappa shape index (κ3) is 27.9. The fraction of sp³-hybridized carbons (Fsp3) is 0.921. The molecule has 0 radical (unpaired) electrons. The van der Waals surface area contributed by atoms with E-state index < -0.39 is 6.04 Å². The van der Waals surface area contributed by atoms with Crippen molar-refractivity contribution in [3.63, 3.8) is 0 Å². The van der Waals surface area contributed by atoms with Crippen molar-refractivity contribution in [1.82, 2.24) is 16.0 Å². The second-order valence-corrected chi connectivity index (χ2v) is 13.7. The molecule has 0 saturated heterocycles. The van der Waals surface area contributed by atoms with E-state index in [4.69, 9.17) is 0 Å². The van der Waals surface area contributed by atoms with E-state index in [2.05, 4.69) is 29.8 Å². The first-order valence-corrected chi connectivity index (χ1v) is 19.2. The van der Waals surface area contributed by atoms with E-state index >= 15 is 0 Å². The molecule has 3 amide bonds. The Kier molecular flexibility index (Phi) is 30.3. The molecule has 260 valence electrons. The lowest BCUT2D eigenvalue weighted by molar-refractivity contribution is -0.124. The fourth-order valence-electron chi connectivity index (χ4n) is 5.92. The van der Waals surface area contributed by atoms with Gasteiger partial charge in [0.2, 0.25) is 5.91 Å². The minimum absolute atomic E-state index is 0.0212. The van der Waals surface area contributed by atoms with Gasteiger partial charge < -0.3 is 16.0 Å². The number of urea groups is 1. The zero-order valence-corrected chi connectivity index (χ0v) is 30.0. The van der Waals surface area contributed by atoms with Gasteiger partial charge in [-0.05, 0) is 46.0 Å². The number of Topliss-reactive ketones (excluding diaryl/α,β-unsaturated/α-hetero) is 1. The molecular formula is C38H75N3O3. The molecule has 3 unspecified atom stereocenters. The molecule has 0 fully saturated rings. The van der Waals surface area contributed by atoms with Gasteiger partial charge in [0.25, 0.3) is 0 Å². The molecule has 0 spiro atoms. The van der Waals surface area contributed by atoms with Gasteiger partial charge in [-0.1, -0.05) is 156 Å². The zero-order valence-electron chi connectivity index (χ0n) is 30.0. The van der Waals surface area contributed by atoms with Crippen LogP contribution in [-0.2, 0) is 9.59 Å². The van der Waals surface area contributed by atoms with E-state index in [-0.39, 0.29) is 29.7 Å². The molecule has 0 aromatic rings. The highest BCUT2D eigenvalue weighted by Crippen LogP contribution is 2.15. The number of nitrogens with one attached hydrogen (secondary N) is 3. The van der Waals surface area contributed by atoms with Crippen LogP contribution < -0.4 is 16.0 Å². The molecule has 0 heterocycles. The van der Waals surface area contributed by atoms with E-state index in [1.807, 2.05) is 13.8 Å². The SMILES string of the molecule is CCCCCCCCCCCCCCCCC(C)NC(=O)NC(CCCCNC(=O)C(C)CCCCCCCCC)C(C)=O. The van der Waals surface area contributed by atoms with Crippen LogP contribution in [0.25, 0.3) is 0 Å². The predicted octanol–water partition coefficient (Wildman–Crippen LogP) is 10.6. The van der Waals surface area contributed by atoms with Crippen LogP contribution >= 0.6 is 0 Å². The summed E-state index contributed by atoms with van der Waals surface area (Å²) in [6.07, 6.45) is 31.8. The Labute approximate surface area is 273 Å². The van der Waals surface area contributed by atoms with Crippen LogP contribution in [0, 0.1) is 5.92 Å². The highest BCUT2D eigenvalue weighted by atomic mass is 16.2.